The minimum Gasteiger partial charge on any atom is -0.699 e. The summed E-state index contributed by atoms with van der Waals surface area (Å²) in [4.78, 5) is 0. The molecule has 0 saturated carbocycles. The van der Waals surface area contributed by atoms with E-state index >= 15 is 0 Å². The van der Waals surface area contributed by atoms with Crippen LogP contribution in [0, 0.1) is 0 Å². The predicted molar refractivity (Wildman–Crippen MR) is 57.8 cm³/mol. The Hall–Kier alpha value is -0.0151. The lowest BCUT2D eigenvalue weighted by atomic mass is 9.75. The van der Waals surface area contributed by atoms with E-state index in [4.69, 9.17) is 0 Å². The number of hydrogen-bond donors (Lipinski definition) is 0. The highest BCUT2D eigenvalue weighted by Gasteiger charge is 2.00. The molecule has 2 nitrogen and oxygen atoms in total. The quantitative estimate of drug-likeness (QED) is 0.565. The van der Waals surface area contributed by atoms with Crippen LogP contribution in [0.3, 0.4) is 0 Å². The Labute approximate surface area is 77.6 Å². The summed E-state index contributed by atoms with van der Waals surface area (Å²) < 4.78 is 0. The molecule has 12 heavy (non-hydrogen) atoms. The van der Waals surface area contributed by atoms with E-state index < -0.39 is 0 Å². The molecular formula is C9H21BN2-2. The van der Waals surface area contributed by atoms with Crippen LogP contribution in [-0.4, -0.2) is 18.1 Å². The van der Waals surface area contributed by atoms with Crippen molar-refractivity contribution in [2.45, 2.75) is 59.4 Å². The van der Waals surface area contributed by atoms with Crippen molar-refractivity contribution in [2.24, 2.45) is 0 Å². The molecule has 0 radical (unpaired) electrons. The second kappa shape index (κ2) is 3.80. The van der Waals surface area contributed by atoms with E-state index in [0.29, 0.717) is 0 Å². The average Bonchev–Trinajstić information content (AvgIpc) is 1.49. The molecule has 0 saturated heterocycles. The van der Waals surface area contributed by atoms with Crippen molar-refractivity contribution >= 4 is 6.98 Å². The molecule has 0 fully saturated rings. The third kappa shape index (κ3) is 8.09. The van der Waals surface area contributed by atoms with Gasteiger partial charge in [-0.1, -0.05) is 41.5 Å². The van der Waals surface area contributed by atoms with Gasteiger partial charge in [-0.3, -0.25) is 0 Å². The van der Waals surface area contributed by atoms with Crippen molar-refractivity contribution in [3.05, 3.63) is 10.5 Å². The summed E-state index contributed by atoms with van der Waals surface area (Å²) in [5.41, 5.74) is 0.0440. The molecule has 0 aliphatic heterocycles. The summed E-state index contributed by atoms with van der Waals surface area (Å²) in [6, 6.07) is 0. The average molecular weight is 168 g/mol. The monoisotopic (exact) mass is 168 g/mol. The Morgan fingerprint density at radius 1 is 0.750 bits per heavy atom. The van der Waals surface area contributed by atoms with Gasteiger partial charge < -0.3 is 10.5 Å². The topological polar surface area (TPSA) is 28.2 Å². The van der Waals surface area contributed by atoms with Crippen molar-refractivity contribution < 1.29 is 0 Å². The van der Waals surface area contributed by atoms with Gasteiger partial charge in [0, 0.05) is 0 Å². The molecule has 0 bridgehead atoms. The first-order valence-electron chi connectivity index (χ1n) is 4.54. The van der Waals surface area contributed by atoms with Gasteiger partial charge in [-0.15, -0.1) is 24.9 Å². The van der Waals surface area contributed by atoms with Gasteiger partial charge in [0.2, 0.25) is 0 Å². The number of hydrogen-bond acceptors (Lipinski definition) is 0. The molecule has 0 aliphatic carbocycles. The zero-order valence-corrected chi connectivity index (χ0v) is 9.47. The van der Waals surface area contributed by atoms with Gasteiger partial charge in [0.05, 0.1) is 0 Å². The van der Waals surface area contributed by atoms with E-state index in [2.05, 4.69) is 52.0 Å². The summed E-state index contributed by atoms with van der Waals surface area (Å²) >= 11 is 0. The number of rotatable bonds is 2. The van der Waals surface area contributed by atoms with Crippen LogP contribution in [0.1, 0.15) is 41.5 Å². The van der Waals surface area contributed by atoms with Gasteiger partial charge in [0.1, 0.15) is 0 Å². The van der Waals surface area contributed by atoms with Crippen LogP contribution in [0.2, 0.25) is 6.82 Å². The van der Waals surface area contributed by atoms with Gasteiger partial charge in [0.15, 0.2) is 0 Å². The van der Waals surface area contributed by atoms with Crippen molar-refractivity contribution in [1.82, 2.24) is 0 Å². The van der Waals surface area contributed by atoms with Crippen LogP contribution in [0.25, 0.3) is 10.5 Å². The molecule has 0 heterocycles. The SMILES string of the molecule is CB([N-]C(C)(C)C)[N-]C(C)(C)C. The van der Waals surface area contributed by atoms with Gasteiger partial charge in [-0.25, -0.2) is 0 Å². The fourth-order valence-corrected chi connectivity index (χ4v) is 1.15. The van der Waals surface area contributed by atoms with E-state index in [-0.39, 0.29) is 18.1 Å². The molecule has 0 aromatic carbocycles. The lowest BCUT2D eigenvalue weighted by molar-refractivity contribution is 0.663. The molecule has 0 aromatic rings. The Kier molecular flexibility index (Phi) is 3.79. The summed E-state index contributed by atoms with van der Waals surface area (Å²) in [5, 5.41) is 9.06. The van der Waals surface area contributed by atoms with Crippen LogP contribution in [0.4, 0.5) is 0 Å². The minimum absolute atomic E-state index is 0.0220. The van der Waals surface area contributed by atoms with Crippen LogP contribution < -0.4 is 0 Å². The Morgan fingerprint density at radius 2 is 1.00 bits per heavy atom. The molecule has 3 heteroatoms. The predicted octanol–water partition coefficient (Wildman–Crippen LogP) is 3.45. The van der Waals surface area contributed by atoms with Crippen LogP contribution >= 0.6 is 0 Å². The first kappa shape index (κ1) is 12.0. The highest BCUT2D eigenvalue weighted by molar-refractivity contribution is 6.67. The van der Waals surface area contributed by atoms with Crippen molar-refractivity contribution in [2.75, 3.05) is 0 Å². The Morgan fingerprint density at radius 3 is 1.17 bits per heavy atom. The highest BCUT2D eigenvalue weighted by Crippen LogP contribution is 2.24. The number of nitrogens with zero attached hydrogens (tertiary/aromatic N) is 2. The van der Waals surface area contributed by atoms with Crippen molar-refractivity contribution in [3.8, 4) is 0 Å². The van der Waals surface area contributed by atoms with Gasteiger partial charge >= 0.3 is 0 Å². The first-order valence-corrected chi connectivity index (χ1v) is 4.54. The molecule has 0 rings (SSSR count). The van der Waals surface area contributed by atoms with E-state index in [1.165, 1.54) is 0 Å². The van der Waals surface area contributed by atoms with Crippen LogP contribution in [-0.2, 0) is 0 Å². The summed E-state index contributed by atoms with van der Waals surface area (Å²) in [5.74, 6) is 0. The highest BCUT2D eigenvalue weighted by atomic mass is 15.0. The van der Waals surface area contributed by atoms with Crippen molar-refractivity contribution in [1.29, 1.82) is 0 Å². The van der Waals surface area contributed by atoms with Crippen LogP contribution in [0.15, 0.2) is 0 Å². The molecule has 0 aliphatic rings. The van der Waals surface area contributed by atoms with Crippen LogP contribution in [0.5, 0.6) is 0 Å². The summed E-state index contributed by atoms with van der Waals surface area (Å²) in [7, 11) is 0. The smallest absolute Gasteiger partial charge is 0.0796 e. The lowest BCUT2D eigenvalue weighted by Crippen LogP contribution is -2.27. The standard InChI is InChI=1S/C9H21BN2/c1-8(2,3)11-10(7)12-9(4,5)6/h1-7H3/q-2. The van der Waals surface area contributed by atoms with E-state index in [0.717, 1.165) is 0 Å². The largest absolute Gasteiger partial charge is 0.699 e. The van der Waals surface area contributed by atoms with E-state index in [9.17, 15) is 0 Å². The first-order chi connectivity index (χ1) is 5.10. The fraction of sp³-hybridized carbons (Fsp3) is 1.00. The third-order valence-corrected chi connectivity index (χ3v) is 1.15. The Balaban J connectivity index is 3.83. The van der Waals surface area contributed by atoms with Gasteiger partial charge in [-0.05, 0) is 0 Å². The minimum atomic E-state index is 0.0220. The maximum absolute atomic E-state index is 4.53. The van der Waals surface area contributed by atoms with E-state index in [1.54, 1.807) is 0 Å². The van der Waals surface area contributed by atoms with Gasteiger partial charge in [0.25, 0.3) is 0 Å². The lowest BCUT2D eigenvalue weighted by Gasteiger charge is -2.54. The Bertz CT molecular complexity index is 116. The zero-order valence-electron chi connectivity index (χ0n) is 9.47. The maximum atomic E-state index is 4.53. The molecule has 0 aromatic heterocycles. The second-order valence-electron chi connectivity index (χ2n) is 5.23. The molecule has 0 amide bonds. The summed E-state index contributed by atoms with van der Waals surface area (Å²) in [6.07, 6.45) is 0. The maximum Gasteiger partial charge on any atom is -0.0796 e. The molecule has 0 atom stereocenters. The normalized spacial score (nSPS) is 13.2. The molecule has 0 spiro atoms. The molecular weight excluding hydrogens is 147 g/mol. The summed E-state index contributed by atoms with van der Waals surface area (Å²) in [6.45, 7) is 14.7. The molecule has 0 unspecified atom stereocenters. The molecule has 72 valence electrons. The fourth-order valence-electron chi connectivity index (χ4n) is 1.15. The second-order valence-corrected chi connectivity index (χ2v) is 5.23. The molecule has 0 N–H and O–H groups in total. The third-order valence-electron chi connectivity index (χ3n) is 1.15. The van der Waals surface area contributed by atoms with Crippen molar-refractivity contribution in [3.63, 3.8) is 0 Å². The zero-order chi connectivity index (χ0) is 9.99. The van der Waals surface area contributed by atoms with E-state index in [1.807, 2.05) is 6.82 Å². The van der Waals surface area contributed by atoms with Gasteiger partial charge in [-0.2, -0.15) is 0 Å².